The summed E-state index contributed by atoms with van der Waals surface area (Å²) in [6.07, 6.45) is 19.3. The Kier molecular flexibility index (Phi) is 10.1. The molecule has 1 atom stereocenters. The molecule has 3 rings (SSSR count). The molecule has 156 valence electrons. The van der Waals surface area contributed by atoms with Crippen molar-refractivity contribution in [3.8, 4) is 0 Å². The number of allylic oxidation sites excluding steroid dienone is 8. The van der Waals surface area contributed by atoms with E-state index in [0.29, 0.717) is 8.54 Å². The molecular weight excluding hydrogens is 462 g/mol. The van der Waals surface area contributed by atoms with Gasteiger partial charge in [-0.25, -0.2) is 0 Å². The van der Waals surface area contributed by atoms with Crippen molar-refractivity contribution >= 4 is 0 Å². The van der Waals surface area contributed by atoms with Gasteiger partial charge in [-0.2, -0.15) is 0 Å². The summed E-state index contributed by atoms with van der Waals surface area (Å²) >= 11 is -0.726. The van der Waals surface area contributed by atoms with E-state index in [1.54, 1.807) is 22.3 Å². The maximum Gasteiger partial charge on any atom is -1.00 e. The van der Waals surface area contributed by atoms with Gasteiger partial charge in [0.05, 0.1) is 0 Å². The van der Waals surface area contributed by atoms with Gasteiger partial charge in [0.2, 0.25) is 0 Å². The van der Waals surface area contributed by atoms with Gasteiger partial charge in [0.1, 0.15) is 0 Å². The quantitative estimate of drug-likeness (QED) is 0.525. The van der Waals surface area contributed by atoms with E-state index >= 15 is 0 Å². The van der Waals surface area contributed by atoms with Crippen LogP contribution in [0.1, 0.15) is 92.9 Å². The van der Waals surface area contributed by atoms with Crippen LogP contribution in [0.3, 0.4) is 0 Å². The number of rotatable bonds is 6. The van der Waals surface area contributed by atoms with Gasteiger partial charge >= 0.3 is 174 Å². The Balaban J connectivity index is 0.00000196. The summed E-state index contributed by atoms with van der Waals surface area (Å²) in [5, 5.41) is 0. The minimum atomic E-state index is -0.726. The summed E-state index contributed by atoms with van der Waals surface area (Å²) < 4.78 is 2.29. The second-order valence-corrected chi connectivity index (χ2v) is 13.6. The third-order valence-electron chi connectivity index (χ3n) is 7.44. The second kappa shape index (κ2) is 10.6. The molecule has 28 heavy (non-hydrogen) atoms. The van der Waals surface area contributed by atoms with Crippen LogP contribution in [0, 0.1) is 11.3 Å². The number of hydrogen-bond donors (Lipinski definition) is 0. The summed E-state index contributed by atoms with van der Waals surface area (Å²) in [7, 11) is 0. The van der Waals surface area contributed by atoms with Gasteiger partial charge < -0.3 is 24.8 Å². The van der Waals surface area contributed by atoms with Crippen LogP contribution in [0.2, 0.25) is 3.12 Å². The van der Waals surface area contributed by atoms with E-state index < -0.39 is 23.2 Å². The van der Waals surface area contributed by atoms with Crippen LogP contribution in [0.4, 0.5) is 0 Å². The van der Waals surface area contributed by atoms with E-state index in [-0.39, 0.29) is 24.8 Å². The van der Waals surface area contributed by atoms with Crippen LogP contribution in [0.25, 0.3) is 0 Å². The third kappa shape index (κ3) is 5.18. The van der Waals surface area contributed by atoms with Crippen molar-refractivity contribution in [3.05, 3.63) is 43.8 Å². The average Bonchev–Trinajstić information content (AvgIpc) is 3.12. The van der Waals surface area contributed by atoms with Gasteiger partial charge in [-0.05, 0) is 0 Å². The Morgan fingerprint density at radius 3 is 2.18 bits per heavy atom. The molecule has 0 N–H and O–H groups in total. The van der Waals surface area contributed by atoms with Crippen molar-refractivity contribution in [2.24, 2.45) is 11.3 Å². The van der Waals surface area contributed by atoms with Gasteiger partial charge in [0.15, 0.2) is 0 Å². The Hall–Kier alpha value is 0.423. The van der Waals surface area contributed by atoms with Crippen LogP contribution in [0.15, 0.2) is 43.8 Å². The van der Waals surface area contributed by atoms with E-state index in [0.717, 1.165) is 5.92 Å². The van der Waals surface area contributed by atoms with Gasteiger partial charge in [0.25, 0.3) is 0 Å². The van der Waals surface area contributed by atoms with Crippen molar-refractivity contribution in [2.45, 2.75) is 96.0 Å². The molecule has 0 saturated heterocycles. The Bertz CT molecular complexity index is 675. The minimum absolute atomic E-state index is 0. The summed E-state index contributed by atoms with van der Waals surface area (Å²) in [5.41, 5.74) is 6.85. The van der Waals surface area contributed by atoms with Crippen LogP contribution < -0.4 is 24.8 Å². The summed E-state index contributed by atoms with van der Waals surface area (Å²) in [4.78, 5) is 0. The molecular formula is C25H38Cl2Zr. The van der Waals surface area contributed by atoms with Crippen molar-refractivity contribution in [1.82, 2.24) is 0 Å². The van der Waals surface area contributed by atoms with Gasteiger partial charge in [-0.3, -0.25) is 0 Å². The monoisotopic (exact) mass is 498 g/mol. The maximum absolute atomic E-state index is 2.78. The minimum Gasteiger partial charge on any atom is -1.00 e. The molecule has 3 aliphatic rings. The largest absolute Gasteiger partial charge is 1.00 e. The second-order valence-electron chi connectivity index (χ2n) is 9.46. The third-order valence-corrected chi connectivity index (χ3v) is 13.0. The normalized spacial score (nSPS) is 26.7. The van der Waals surface area contributed by atoms with Crippen molar-refractivity contribution < 1.29 is 48.0 Å². The predicted octanol–water partition coefficient (Wildman–Crippen LogP) is 2.15. The topological polar surface area (TPSA) is 0 Å². The Labute approximate surface area is 198 Å². The Morgan fingerprint density at radius 2 is 1.64 bits per heavy atom. The van der Waals surface area contributed by atoms with Crippen molar-refractivity contribution in [2.75, 3.05) is 0 Å². The van der Waals surface area contributed by atoms with Crippen LogP contribution in [-0.2, 0) is 23.2 Å². The molecule has 0 aromatic heterocycles. The zero-order valence-electron chi connectivity index (χ0n) is 18.7. The summed E-state index contributed by atoms with van der Waals surface area (Å²) in [6, 6.07) is 0. The average molecular weight is 501 g/mol. The van der Waals surface area contributed by atoms with E-state index in [1.165, 1.54) is 51.4 Å². The van der Waals surface area contributed by atoms with E-state index in [2.05, 4.69) is 59.8 Å². The predicted molar refractivity (Wildman–Crippen MR) is 111 cm³/mol. The zero-order valence-corrected chi connectivity index (χ0v) is 22.7. The smallest absolute Gasteiger partial charge is 1.00 e. The maximum atomic E-state index is 2.78. The first-order valence-electron chi connectivity index (χ1n) is 10.9. The molecule has 0 aromatic rings. The van der Waals surface area contributed by atoms with E-state index in [4.69, 9.17) is 0 Å². The SMILES string of the molecule is CCCC[C]1([Zr+2][C]2=C(C)C(C)=C(C)C2(C)C)C=CC(C2CCCCC2)=C1.[Cl-].[Cl-]. The van der Waals surface area contributed by atoms with Crippen LogP contribution in [-0.4, -0.2) is 0 Å². The zero-order chi connectivity index (χ0) is 18.9. The first-order valence-corrected chi connectivity index (χ1v) is 13.4. The molecule has 0 spiro atoms. The van der Waals surface area contributed by atoms with Gasteiger partial charge in [-0.15, -0.1) is 0 Å². The van der Waals surface area contributed by atoms with Crippen LogP contribution >= 0.6 is 0 Å². The molecule has 0 radical (unpaired) electrons. The van der Waals surface area contributed by atoms with Crippen molar-refractivity contribution in [1.29, 1.82) is 0 Å². The van der Waals surface area contributed by atoms with E-state index in [9.17, 15) is 0 Å². The van der Waals surface area contributed by atoms with Gasteiger partial charge in [-0.1, -0.05) is 0 Å². The first-order chi connectivity index (χ1) is 12.3. The van der Waals surface area contributed by atoms with Gasteiger partial charge in [0, 0.05) is 0 Å². The summed E-state index contributed by atoms with van der Waals surface area (Å²) in [6.45, 7) is 14.4. The van der Waals surface area contributed by atoms with Crippen molar-refractivity contribution in [3.63, 3.8) is 0 Å². The molecule has 0 aromatic carbocycles. The molecule has 1 unspecified atom stereocenters. The molecule has 0 bridgehead atoms. The molecule has 3 heteroatoms. The number of halogens is 2. The molecule has 0 nitrogen and oxygen atoms in total. The molecule has 0 heterocycles. The molecule has 1 fully saturated rings. The summed E-state index contributed by atoms with van der Waals surface area (Å²) in [5.74, 6) is 0.858. The molecule has 0 amide bonds. The fraction of sp³-hybridized carbons (Fsp3) is 0.680. The molecule has 1 saturated carbocycles. The molecule has 3 aliphatic carbocycles. The number of hydrogen-bond acceptors (Lipinski definition) is 0. The van der Waals surface area contributed by atoms with Crippen LogP contribution in [0.5, 0.6) is 0 Å². The van der Waals surface area contributed by atoms with E-state index in [1.807, 2.05) is 3.28 Å². The fourth-order valence-electron chi connectivity index (χ4n) is 5.17. The molecule has 0 aliphatic heterocycles. The fourth-order valence-corrected chi connectivity index (χ4v) is 10.2. The first kappa shape index (κ1) is 26.5. The Morgan fingerprint density at radius 1 is 1.00 bits per heavy atom. The number of unbranched alkanes of at least 4 members (excludes halogenated alkanes) is 1. The standard InChI is InChI=1S/C15H23.C10H15.2ClH.Zr/c1-2-3-7-13-10-11-15(12-13)14-8-5-4-6-9-14;1-7-6-10(4,5)9(3)8(7)2;;;/h10-12,14H,2-9H2,1H3;1-5H3;2*1H;/q;;;;+2/p-2.